The van der Waals surface area contributed by atoms with Gasteiger partial charge in [0.25, 0.3) is 5.91 Å². The van der Waals surface area contributed by atoms with Gasteiger partial charge in [-0.15, -0.1) is 0 Å². The SMILES string of the molecule is CS(=O)(=O)N(Cc1ccccc1)c1ccc(C(=O)Nc2ccc(F)cc2)cc1. The molecule has 0 atom stereocenters. The van der Waals surface area contributed by atoms with Gasteiger partial charge in [0.15, 0.2) is 0 Å². The summed E-state index contributed by atoms with van der Waals surface area (Å²) in [6.07, 6.45) is 1.14. The van der Waals surface area contributed by atoms with Gasteiger partial charge in [-0.3, -0.25) is 9.10 Å². The number of hydrogen-bond acceptors (Lipinski definition) is 3. The maximum Gasteiger partial charge on any atom is 0.255 e. The second kappa shape index (κ2) is 8.22. The van der Waals surface area contributed by atoms with Gasteiger partial charge >= 0.3 is 0 Å². The summed E-state index contributed by atoms with van der Waals surface area (Å²) in [7, 11) is -3.50. The molecular weight excluding hydrogens is 379 g/mol. The highest BCUT2D eigenvalue weighted by molar-refractivity contribution is 7.92. The van der Waals surface area contributed by atoms with Crippen LogP contribution >= 0.6 is 0 Å². The quantitative estimate of drug-likeness (QED) is 0.681. The van der Waals surface area contributed by atoms with Gasteiger partial charge in [0.2, 0.25) is 10.0 Å². The molecule has 0 radical (unpaired) electrons. The number of benzene rings is 3. The molecule has 0 bridgehead atoms. The Morgan fingerprint density at radius 2 is 1.54 bits per heavy atom. The summed E-state index contributed by atoms with van der Waals surface area (Å²) in [6.45, 7) is 0.195. The van der Waals surface area contributed by atoms with Crippen molar-refractivity contribution >= 4 is 27.3 Å². The lowest BCUT2D eigenvalue weighted by Gasteiger charge is -2.22. The summed E-state index contributed by atoms with van der Waals surface area (Å²) in [5.74, 6) is -0.756. The number of nitrogens with zero attached hydrogens (tertiary/aromatic N) is 1. The van der Waals surface area contributed by atoms with Gasteiger partial charge in [-0.05, 0) is 54.1 Å². The van der Waals surface area contributed by atoms with Crippen molar-refractivity contribution in [2.75, 3.05) is 15.9 Å². The normalized spacial score (nSPS) is 11.1. The van der Waals surface area contributed by atoms with Crippen molar-refractivity contribution in [2.45, 2.75) is 6.54 Å². The highest BCUT2D eigenvalue weighted by Crippen LogP contribution is 2.22. The molecule has 0 unspecified atom stereocenters. The van der Waals surface area contributed by atoms with E-state index in [4.69, 9.17) is 0 Å². The van der Waals surface area contributed by atoms with Gasteiger partial charge < -0.3 is 5.32 Å². The minimum atomic E-state index is -3.50. The Bertz CT molecular complexity index is 1050. The first-order chi connectivity index (χ1) is 13.3. The number of amides is 1. The molecular formula is C21H19FN2O3S. The Morgan fingerprint density at radius 1 is 0.929 bits per heavy atom. The lowest BCUT2D eigenvalue weighted by Crippen LogP contribution is -2.29. The van der Waals surface area contributed by atoms with Crippen molar-refractivity contribution in [3.8, 4) is 0 Å². The van der Waals surface area contributed by atoms with Crippen LogP contribution in [0.3, 0.4) is 0 Å². The zero-order valence-corrected chi connectivity index (χ0v) is 16.0. The zero-order valence-electron chi connectivity index (χ0n) is 15.2. The summed E-state index contributed by atoms with van der Waals surface area (Å²) in [5, 5.41) is 2.67. The standard InChI is InChI=1S/C21H19FN2O3S/c1-28(26,27)24(15-16-5-3-2-4-6-16)20-13-7-17(8-14-20)21(25)23-19-11-9-18(22)10-12-19/h2-14H,15H2,1H3,(H,23,25). The molecule has 3 aromatic rings. The molecule has 0 heterocycles. The summed E-state index contributed by atoms with van der Waals surface area (Å²) in [4.78, 5) is 12.3. The summed E-state index contributed by atoms with van der Waals surface area (Å²) < 4.78 is 38.7. The van der Waals surface area contributed by atoms with Crippen molar-refractivity contribution in [1.82, 2.24) is 0 Å². The first-order valence-corrected chi connectivity index (χ1v) is 10.4. The predicted molar refractivity (Wildman–Crippen MR) is 108 cm³/mol. The van der Waals surface area contributed by atoms with E-state index in [0.29, 0.717) is 16.9 Å². The summed E-state index contributed by atoms with van der Waals surface area (Å²) >= 11 is 0. The molecule has 0 saturated carbocycles. The van der Waals surface area contributed by atoms with Crippen molar-refractivity contribution < 1.29 is 17.6 Å². The lowest BCUT2D eigenvalue weighted by molar-refractivity contribution is 0.102. The van der Waals surface area contributed by atoms with Crippen LogP contribution in [0.5, 0.6) is 0 Å². The second-order valence-electron chi connectivity index (χ2n) is 6.26. The molecule has 0 aliphatic carbocycles. The monoisotopic (exact) mass is 398 g/mol. The Kier molecular flexibility index (Phi) is 5.75. The molecule has 0 aromatic heterocycles. The number of anilines is 2. The molecule has 3 rings (SSSR count). The number of sulfonamides is 1. The van der Waals surface area contributed by atoms with E-state index in [9.17, 15) is 17.6 Å². The third kappa shape index (κ3) is 4.95. The minimum absolute atomic E-state index is 0.195. The third-order valence-electron chi connectivity index (χ3n) is 4.09. The maximum absolute atomic E-state index is 13.0. The predicted octanol–water partition coefficient (Wildman–Crippen LogP) is 4.04. The fourth-order valence-electron chi connectivity index (χ4n) is 2.66. The van der Waals surface area contributed by atoms with Gasteiger partial charge in [0.05, 0.1) is 18.5 Å². The van der Waals surface area contributed by atoms with Gasteiger partial charge in [-0.1, -0.05) is 30.3 Å². The van der Waals surface area contributed by atoms with Gasteiger partial charge in [0, 0.05) is 11.3 Å². The number of carbonyl (C=O) groups excluding carboxylic acids is 1. The Balaban J connectivity index is 1.78. The highest BCUT2D eigenvalue weighted by Gasteiger charge is 2.18. The molecule has 1 amide bonds. The van der Waals surface area contributed by atoms with Gasteiger partial charge in [-0.2, -0.15) is 0 Å². The average molecular weight is 398 g/mol. The van der Waals surface area contributed by atoms with Gasteiger partial charge in [0.1, 0.15) is 5.82 Å². The smallest absolute Gasteiger partial charge is 0.255 e. The fourth-order valence-corrected chi connectivity index (χ4v) is 3.55. The Hall–Kier alpha value is -3.19. The largest absolute Gasteiger partial charge is 0.322 e. The van der Waals surface area contributed by atoms with Crippen LogP contribution < -0.4 is 9.62 Å². The Labute approximate surface area is 163 Å². The van der Waals surface area contributed by atoms with Crippen molar-refractivity contribution in [1.29, 1.82) is 0 Å². The topological polar surface area (TPSA) is 66.5 Å². The number of hydrogen-bond donors (Lipinski definition) is 1. The minimum Gasteiger partial charge on any atom is -0.322 e. The van der Waals surface area contributed by atoms with E-state index >= 15 is 0 Å². The zero-order chi connectivity index (χ0) is 20.1. The molecule has 28 heavy (non-hydrogen) atoms. The number of halogens is 1. The maximum atomic E-state index is 13.0. The molecule has 0 aliphatic heterocycles. The van der Waals surface area contributed by atoms with Crippen LogP contribution in [0.1, 0.15) is 15.9 Å². The molecule has 0 spiro atoms. The van der Waals surface area contributed by atoms with Crippen molar-refractivity contribution in [2.24, 2.45) is 0 Å². The van der Waals surface area contributed by atoms with Crippen LogP contribution in [0.15, 0.2) is 78.9 Å². The van der Waals surface area contributed by atoms with Crippen LogP contribution in [0.4, 0.5) is 15.8 Å². The molecule has 0 aliphatic rings. The van der Waals surface area contributed by atoms with Gasteiger partial charge in [-0.25, -0.2) is 12.8 Å². The number of rotatable bonds is 6. The van der Waals surface area contributed by atoms with E-state index in [2.05, 4.69) is 5.32 Å². The summed E-state index contributed by atoms with van der Waals surface area (Å²) in [5.41, 5.74) is 2.15. The van der Waals surface area contributed by atoms with E-state index in [1.54, 1.807) is 24.3 Å². The molecule has 0 saturated heterocycles. The van der Waals surface area contributed by atoms with Crippen LogP contribution in [0, 0.1) is 5.82 Å². The molecule has 5 nitrogen and oxygen atoms in total. The average Bonchev–Trinajstić information content (AvgIpc) is 2.68. The first kappa shape index (κ1) is 19.6. The second-order valence-corrected chi connectivity index (χ2v) is 8.17. The van der Waals surface area contributed by atoms with Crippen LogP contribution in [0.2, 0.25) is 0 Å². The molecule has 0 fully saturated rings. The molecule has 144 valence electrons. The van der Waals surface area contributed by atoms with Crippen molar-refractivity contribution in [3.63, 3.8) is 0 Å². The molecule has 3 aromatic carbocycles. The number of carbonyl (C=O) groups is 1. The third-order valence-corrected chi connectivity index (χ3v) is 5.23. The summed E-state index contributed by atoms with van der Waals surface area (Å²) in [6, 6.07) is 21.0. The highest BCUT2D eigenvalue weighted by atomic mass is 32.2. The van der Waals surface area contributed by atoms with Crippen LogP contribution in [-0.4, -0.2) is 20.6 Å². The van der Waals surface area contributed by atoms with E-state index < -0.39 is 10.0 Å². The van der Waals surface area contributed by atoms with E-state index in [1.807, 2.05) is 30.3 Å². The Morgan fingerprint density at radius 3 is 2.11 bits per heavy atom. The van der Waals surface area contributed by atoms with Crippen LogP contribution in [-0.2, 0) is 16.6 Å². The van der Waals surface area contributed by atoms with E-state index in [0.717, 1.165) is 11.8 Å². The van der Waals surface area contributed by atoms with Crippen molar-refractivity contribution in [3.05, 3.63) is 95.8 Å². The van der Waals surface area contributed by atoms with E-state index in [-0.39, 0.29) is 18.3 Å². The number of nitrogens with one attached hydrogen (secondary N) is 1. The van der Waals surface area contributed by atoms with Crippen LogP contribution in [0.25, 0.3) is 0 Å². The fraction of sp³-hybridized carbons (Fsp3) is 0.0952. The molecule has 1 N–H and O–H groups in total. The molecule has 7 heteroatoms. The first-order valence-electron chi connectivity index (χ1n) is 8.51. The lowest BCUT2D eigenvalue weighted by atomic mass is 10.1. The van der Waals surface area contributed by atoms with E-state index in [1.165, 1.54) is 28.6 Å².